The van der Waals surface area contributed by atoms with Crippen molar-refractivity contribution >= 4 is 67.1 Å². The molecule has 0 saturated carbocycles. The van der Waals surface area contributed by atoms with Gasteiger partial charge in [0.25, 0.3) is 16.0 Å². The first-order valence-corrected chi connectivity index (χ1v) is 13.9. The lowest BCUT2D eigenvalue weighted by Gasteiger charge is -2.14. The van der Waals surface area contributed by atoms with Crippen LogP contribution >= 0.6 is 23.2 Å². The van der Waals surface area contributed by atoms with Crippen molar-refractivity contribution in [3.05, 3.63) is 81.8 Å². The van der Waals surface area contributed by atoms with Gasteiger partial charge >= 0.3 is 0 Å². The monoisotopic (exact) mass is 587 g/mol. The highest BCUT2D eigenvalue weighted by Gasteiger charge is 2.21. The summed E-state index contributed by atoms with van der Waals surface area (Å²) in [6, 6.07) is 15.8. The number of benzene rings is 4. The third-order valence-electron chi connectivity index (χ3n) is 5.79. The van der Waals surface area contributed by atoms with Gasteiger partial charge in [-0.1, -0.05) is 60.5 Å². The third-order valence-corrected chi connectivity index (χ3v) is 7.33. The minimum absolute atomic E-state index is 0.0431. The van der Waals surface area contributed by atoms with Crippen LogP contribution in [0.5, 0.6) is 11.5 Å². The summed E-state index contributed by atoms with van der Waals surface area (Å²) in [4.78, 5) is 12.9. The fraction of sp³-hybridized carbons (Fsp3) is 0.148. The first-order chi connectivity index (χ1) is 18.5. The Morgan fingerprint density at radius 2 is 1.74 bits per heavy atom. The number of aromatic hydroxyl groups is 1. The van der Waals surface area contributed by atoms with Gasteiger partial charge in [0, 0.05) is 5.39 Å². The number of ether oxygens (including phenoxy) is 1. The molecule has 0 aliphatic carbocycles. The number of fused-ring (bicyclic) bond motifs is 1. The number of anilines is 1. The first-order valence-electron chi connectivity index (χ1n) is 11.7. The van der Waals surface area contributed by atoms with Crippen molar-refractivity contribution in [3.8, 4) is 11.5 Å². The number of nitrogens with zero attached hydrogens (tertiary/aromatic N) is 2. The van der Waals surface area contributed by atoms with Gasteiger partial charge in [-0.25, -0.2) is 0 Å². The van der Waals surface area contributed by atoms with E-state index in [1.807, 2.05) is 0 Å². The second-order valence-electron chi connectivity index (χ2n) is 8.29. The van der Waals surface area contributed by atoms with Crippen LogP contribution in [0.3, 0.4) is 0 Å². The summed E-state index contributed by atoms with van der Waals surface area (Å²) < 4.78 is 38.9. The summed E-state index contributed by atoms with van der Waals surface area (Å²) in [5.41, 5.74) is 0.418. The second-order valence-corrected chi connectivity index (χ2v) is 10.5. The van der Waals surface area contributed by atoms with E-state index in [1.165, 1.54) is 12.1 Å². The molecule has 0 heterocycles. The van der Waals surface area contributed by atoms with Crippen LogP contribution in [0.25, 0.3) is 10.8 Å². The molecule has 3 N–H and O–H groups in total. The lowest BCUT2D eigenvalue weighted by atomic mass is 10.0. The van der Waals surface area contributed by atoms with Gasteiger partial charge in [-0.3, -0.25) is 9.35 Å². The number of hydrogen-bond acceptors (Lipinski definition) is 7. The Balaban J connectivity index is 1.81. The van der Waals surface area contributed by atoms with Crippen LogP contribution in [0.15, 0.2) is 75.8 Å². The smallest absolute Gasteiger partial charge is 0.294 e. The lowest BCUT2D eigenvalue weighted by molar-refractivity contribution is 0.102. The molecule has 0 spiro atoms. The van der Waals surface area contributed by atoms with Crippen molar-refractivity contribution in [1.29, 1.82) is 0 Å². The Hall–Kier alpha value is -3.70. The molecule has 4 aromatic rings. The number of azo groups is 1. The molecular formula is C27H23Cl2N3O6S. The molecule has 0 fully saturated rings. The van der Waals surface area contributed by atoms with Gasteiger partial charge in [-0.05, 0) is 54.6 Å². The zero-order valence-electron chi connectivity index (χ0n) is 20.8. The van der Waals surface area contributed by atoms with E-state index < -0.39 is 21.8 Å². The summed E-state index contributed by atoms with van der Waals surface area (Å²) in [5.74, 6) is -0.835. The van der Waals surface area contributed by atoms with Crippen molar-refractivity contribution in [2.75, 3.05) is 11.9 Å². The van der Waals surface area contributed by atoms with Crippen molar-refractivity contribution in [3.63, 3.8) is 0 Å². The molecule has 1 amide bonds. The van der Waals surface area contributed by atoms with E-state index in [0.717, 1.165) is 6.07 Å². The quantitative estimate of drug-likeness (QED) is 0.142. The Kier molecular flexibility index (Phi) is 8.41. The number of phenolic OH excluding ortho intramolecular Hbond substituents is 1. The van der Waals surface area contributed by atoms with E-state index in [9.17, 15) is 22.9 Å². The normalized spacial score (nSPS) is 11.7. The summed E-state index contributed by atoms with van der Waals surface area (Å²) >= 11 is 12.5. The molecular weight excluding hydrogens is 565 g/mol. The molecule has 0 saturated heterocycles. The number of carbonyl (C=O) groups is 1. The zero-order chi connectivity index (χ0) is 28.3. The summed E-state index contributed by atoms with van der Waals surface area (Å²) in [7, 11) is -4.55. The van der Waals surface area contributed by atoms with Crippen molar-refractivity contribution < 1.29 is 27.6 Å². The van der Waals surface area contributed by atoms with E-state index in [1.54, 1.807) is 56.3 Å². The maximum atomic E-state index is 13.3. The van der Waals surface area contributed by atoms with Crippen LogP contribution in [0.1, 0.15) is 29.8 Å². The first kappa shape index (κ1) is 28.3. The fourth-order valence-corrected chi connectivity index (χ4v) is 5.21. The molecule has 4 aromatic carbocycles. The number of para-hydroxylation sites is 1. The number of phenols is 1. The number of hydrogen-bond donors (Lipinski definition) is 3. The highest BCUT2D eigenvalue weighted by atomic mass is 35.5. The summed E-state index contributed by atoms with van der Waals surface area (Å²) in [6.45, 7) is 3.81. The summed E-state index contributed by atoms with van der Waals surface area (Å²) in [6.07, 6.45) is 0.298. The number of aryl methyl sites for hydroxylation is 1. The Morgan fingerprint density at radius 3 is 2.44 bits per heavy atom. The van der Waals surface area contributed by atoms with E-state index in [0.29, 0.717) is 40.1 Å². The Morgan fingerprint density at radius 1 is 1.00 bits per heavy atom. The van der Waals surface area contributed by atoms with Crippen LogP contribution in [0.4, 0.5) is 17.1 Å². The van der Waals surface area contributed by atoms with E-state index in [-0.39, 0.29) is 32.6 Å². The molecule has 9 nitrogen and oxygen atoms in total. The average Bonchev–Trinajstić information content (AvgIpc) is 2.89. The van der Waals surface area contributed by atoms with Gasteiger partial charge in [0.2, 0.25) is 0 Å². The number of amides is 1. The van der Waals surface area contributed by atoms with E-state index >= 15 is 0 Å². The predicted octanol–water partition coefficient (Wildman–Crippen LogP) is 7.73. The minimum Gasteiger partial charge on any atom is -0.505 e. The maximum Gasteiger partial charge on any atom is 0.294 e. The largest absolute Gasteiger partial charge is 0.505 e. The van der Waals surface area contributed by atoms with Gasteiger partial charge < -0.3 is 15.2 Å². The second kappa shape index (κ2) is 11.6. The Labute approximate surface area is 234 Å². The molecule has 12 heteroatoms. The fourth-order valence-electron chi connectivity index (χ4n) is 3.96. The van der Waals surface area contributed by atoms with Crippen molar-refractivity contribution in [2.45, 2.75) is 25.2 Å². The standard InChI is InChI=1S/C27H23Cl2N3O6S/c1-3-15-13-20(29)22(14-23(15)39(35,36)37)31-32-24-17-9-6-5-8-16(17)12-18(25(24)33)27(34)30-21-11-7-10-19(28)26(21)38-4-2/h5-14,33H,3-4H2,1-2H3,(H,30,34)(H,35,36,37). The van der Waals surface area contributed by atoms with Crippen LogP contribution in [0, 0.1) is 0 Å². The van der Waals surface area contributed by atoms with Crippen molar-refractivity contribution in [1.82, 2.24) is 0 Å². The van der Waals surface area contributed by atoms with Gasteiger partial charge in [0.1, 0.15) is 11.4 Å². The summed E-state index contributed by atoms with van der Waals surface area (Å²) in [5, 5.41) is 23.5. The van der Waals surface area contributed by atoms with Crippen LogP contribution in [-0.4, -0.2) is 30.6 Å². The van der Waals surface area contributed by atoms with Crippen molar-refractivity contribution in [2.24, 2.45) is 10.2 Å². The molecule has 0 atom stereocenters. The molecule has 202 valence electrons. The molecule has 0 aromatic heterocycles. The lowest BCUT2D eigenvalue weighted by Crippen LogP contribution is -2.13. The highest BCUT2D eigenvalue weighted by molar-refractivity contribution is 7.85. The highest BCUT2D eigenvalue weighted by Crippen LogP contribution is 2.41. The molecule has 0 unspecified atom stereocenters. The van der Waals surface area contributed by atoms with Gasteiger partial charge in [0.15, 0.2) is 11.5 Å². The Bertz CT molecular complexity index is 1720. The third kappa shape index (κ3) is 5.99. The molecule has 0 bridgehead atoms. The van der Waals surface area contributed by atoms with Crippen LogP contribution in [0.2, 0.25) is 10.0 Å². The maximum absolute atomic E-state index is 13.3. The van der Waals surface area contributed by atoms with E-state index in [4.69, 9.17) is 27.9 Å². The van der Waals surface area contributed by atoms with Gasteiger partial charge in [-0.2, -0.15) is 8.42 Å². The van der Waals surface area contributed by atoms with Gasteiger partial charge in [0.05, 0.1) is 32.8 Å². The predicted molar refractivity (Wildman–Crippen MR) is 151 cm³/mol. The molecule has 39 heavy (non-hydrogen) atoms. The molecule has 0 radical (unpaired) electrons. The SMILES string of the molecule is CCOc1c(Cl)cccc1NC(=O)c1cc2ccccc2c(N=Nc2cc(S(=O)(=O)O)c(CC)cc2Cl)c1O. The molecule has 0 aliphatic rings. The minimum atomic E-state index is -4.55. The zero-order valence-corrected chi connectivity index (χ0v) is 23.1. The van der Waals surface area contributed by atoms with Crippen LogP contribution in [-0.2, 0) is 16.5 Å². The van der Waals surface area contributed by atoms with Gasteiger partial charge in [-0.15, -0.1) is 10.2 Å². The number of halogens is 2. The van der Waals surface area contributed by atoms with Crippen LogP contribution < -0.4 is 10.1 Å². The number of nitrogens with one attached hydrogen (secondary N) is 1. The number of rotatable bonds is 8. The average molecular weight is 588 g/mol. The number of carbonyl (C=O) groups excluding carboxylic acids is 1. The van der Waals surface area contributed by atoms with E-state index in [2.05, 4.69) is 15.5 Å². The topological polar surface area (TPSA) is 138 Å². The molecule has 0 aliphatic heterocycles. The molecule has 4 rings (SSSR count).